The van der Waals surface area contributed by atoms with Crippen LogP contribution in [-0.2, 0) is 19.5 Å². The maximum atomic E-state index is 4.61. The number of nitrogens with zero attached hydrogens (tertiary/aromatic N) is 3. The van der Waals surface area contributed by atoms with E-state index in [1.54, 1.807) is 0 Å². The Morgan fingerprint density at radius 3 is 2.67 bits per heavy atom. The summed E-state index contributed by atoms with van der Waals surface area (Å²) in [5, 5.41) is 3.69. The molecule has 1 N–H and O–H groups in total. The second kappa shape index (κ2) is 9.58. The van der Waals surface area contributed by atoms with Gasteiger partial charge in [0, 0.05) is 43.6 Å². The van der Waals surface area contributed by atoms with Gasteiger partial charge in [0.1, 0.15) is 5.82 Å². The summed E-state index contributed by atoms with van der Waals surface area (Å²) >= 11 is 0. The second-order valence-electron chi connectivity index (χ2n) is 6.86. The number of imidazole rings is 1. The van der Waals surface area contributed by atoms with Crippen molar-refractivity contribution in [2.45, 2.75) is 77.9 Å². The molecule has 0 aliphatic rings. The number of rotatable bonds is 11. The van der Waals surface area contributed by atoms with Crippen molar-refractivity contribution in [1.29, 1.82) is 0 Å². The fraction of sp³-hybridized carbons (Fsp3) is 0.600. The fourth-order valence-corrected chi connectivity index (χ4v) is 2.89. The smallest absolute Gasteiger partial charge is 0.110 e. The first-order chi connectivity index (χ1) is 11.7. The summed E-state index contributed by atoms with van der Waals surface area (Å²) in [5.41, 5.74) is 1.12. The maximum absolute atomic E-state index is 4.61. The predicted molar refractivity (Wildman–Crippen MR) is 99.8 cm³/mol. The monoisotopic (exact) mass is 328 g/mol. The van der Waals surface area contributed by atoms with E-state index in [1.807, 2.05) is 24.5 Å². The van der Waals surface area contributed by atoms with Gasteiger partial charge < -0.3 is 9.88 Å². The Morgan fingerprint density at radius 2 is 1.96 bits per heavy atom. The van der Waals surface area contributed by atoms with Gasteiger partial charge in [-0.1, -0.05) is 39.2 Å². The largest absolute Gasteiger partial charge is 0.335 e. The second-order valence-corrected chi connectivity index (χ2v) is 6.86. The number of nitrogens with one attached hydrogen (secondary N) is 1. The van der Waals surface area contributed by atoms with Gasteiger partial charge >= 0.3 is 0 Å². The van der Waals surface area contributed by atoms with Crippen molar-refractivity contribution < 1.29 is 0 Å². The molecule has 4 heteroatoms. The van der Waals surface area contributed by atoms with Crippen LogP contribution in [0.1, 0.15) is 64.4 Å². The molecule has 1 atom stereocenters. The van der Waals surface area contributed by atoms with Crippen molar-refractivity contribution in [3.8, 4) is 0 Å². The predicted octanol–water partition coefficient (Wildman–Crippen LogP) is 4.36. The van der Waals surface area contributed by atoms with E-state index >= 15 is 0 Å². The van der Waals surface area contributed by atoms with Crippen molar-refractivity contribution in [2.24, 2.45) is 0 Å². The Hall–Kier alpha value is -1.68. The first-order valence-electron chi connectivity index (χ1n) is 9.32. The summed E-state index contributed by atoms with van der Waals surface area (Å²) in [4.78, 5) is 9.02. The lowest BCUT2D eigenvalue weighted by molar-refractivity contribution is 0.325. The van der Waals surface area contributed by atoms with Crippen LogP contribution in [0.2, 0.25) is 0 Å². The van der Waals surface area contributed by atoms with Crippen LogP contribution >= 0.6 is 0 Å². The topological polar surface area (TPSA) is 42.7 Å². The molecule has 2 heterocycles. The Balaban J connectivity index is 1.92. The summed E-state index contributed by atoms with van der Waals surface area (Å²) in [6, 6.07) is 6.06. The zero-order chi connectivity index (χ0) is 17.3. The molecule has 2 aromatic heterocycles. The van der Waals surface area contributed by atoms with Crippen LogP contribution in [-0.4, -0.2) is 20.1 Å². The molecule has 0 aromatic carbocycles. The van der Waals surface area contributed by atoms with Gasteiger partial charge in [-0.05, 0) is 31.9 Å². The van der Waals surface area contributed by atoms with Crippen molar-refractivity contribution in [2.75, 3.05) is 0 Å². The van der Waals surface area contributed by atoms with Crippen molar-refractivity contribution in [3.05, 3.63) is 48.3 Å². The third-order valence-electron chi connectivity index (χ3n) is 4.81. The van der Waals surface area contributed by atoms with Crippen LogP contribution in [0.3, 0.4) is 0 Å². The summed E-state index contributed by atoms with van der Waals surface area (Å²) in [6.45, 7) is 8.65. The van der Waals surface area contributed by atoms with Gasteiger partial charge in [-0.25, -0.2) is 4.98 Å². The Kier molecular flexibility index (Phi) is 7.44. The molecule has 24 heavy (non-hydrogen) atoms. The van der Waals surface area contributed by atoms with Gasteiger partial charge in [0.25, 0.3) is 0 Å². The van der Waals surface area contributed by atoms with E-state index in [-0.39, 0.29) is 5.54 Å². The summed E-state index contributed by atoms with van der Waals surface area (Å²) in [5.74, 6) is 1.18. The molecule has 0 bridgehead atoms. The first kappa shape index (κ1) is 18.7. The lowest BCUT2D eigenvalue weighted by atomic mass is 9.93. The molecule has 0 aliphatic heterocycles. The minimum absolute atomic E-state index is 0.0318. The molecule has 2 rings (SSSR count). The van der Waals surface area contributed by atoms with Crippen LogP contribution in [0.25, 0.3) is 0 Å². The molecule has 0 saturated carbocycles. The highest BCUT2D eigenvalue weighted by Gasteiger charge is 2.24. The molecular formula is C20H32N4. The molecule has 0 fully saturated rings. The SMILES string of the molecule is CCCCCCn1ccnc1CC(C)(CC)NCc1ccccn1. The average molecular weight is 329 g/mol. The minimum atomic E-state index is 0.0318. The van der Waals surface area contributed by atoms with E-state index in [0.717, 1.165) is 31.6 Å². The molecular weight excluding hydrogens is 296 g/mol. The molecule has 2 aromatic rings. The number of hydrogen-bond acceptors (Lipinski definition) is 3. The first-order valence-corrected chi connectivity index (χ1v) is 9.32. The molecule has 0 spiro atoms. The van der Waals surface area contributed by atoms with Crippen LogP contribution in [0.15, 0.2) is 36.8 Å². The summed E-state index contributed by atoms with van der Waals surface area (Å²) < 4.78 is 2.33. The minimum Gasteiger partial charge on any atom is -0.335 e. The summed E-state index contributed by atoms with van der Waals surface area (Å²) in [7, 11) is 0. The Morgan fingerprint density at radius 1 is 1.08 bits per heavy atom. The highest BCUT2D eigenvalue weighted by Crippen LogP contribution is 2.17. The molecule has 0 aliphatic carbocycles. The molecule has 4 nitrogen and oxygen atoms in total. The zero-order valence-electron chi connectivity index (χ0n) is 15.5. The van der Waals surface area contributed by atoms with Crippen molar-refractivity contribution >= 4 is 0 Å². The van der Waals surface area contributed by atoms with E-state index in [2.05, 4.69) is 52.9 Å². The number of hydrogen-bond donors (Lipinski definition) is 1. The number of aryl methyl sites for hydroxylation is 1. The Labute approximate surface area is 146 Å². The van der Waals surface area contributed by atoms with Crippen LogP contribution in [0.5, 0.6) is 0 Å². The van der Waals surface area contributed by atoms with Crippen molar-refractivity contribution in [3.63, 3.8) is 0 Å². The molecule has 132 valence electrons. The summed E-state index contributed by atoms with van der Waals surface area (Å²) in [6.07, 6.45) is 13.0. The van der Waals surface area contributed by atoms with E-state index < -0.39 is 0 Å². The zero-order valence-corrected chi connectivity index (χ0v) is 15.5. The van der Waals surface area contributed by atoms with E-state index in [4.69, 9.17) is 0 Å². The average Bonchev–Trinajstić information content (AvgIpc) is 3.05. The fourth-order valence-electron chi connectivity index (χ4n) is 2.89. The third kappa shape index (κ3) is 5.75. The van der Waals surface area contributed by atoms with E-state index in [9.17, 15) is 0 Å². The molecule has 0 radical (unpaired) electrons. The molecule has 0 amide bonds. The standard InChI is InChI=1S/C20H32N4/c1-4-6-7-10-14-24-15-13-22-19(24)16-20(3,5-2)23-17-18-11-8-9-12-21-18/h8-9,11-13,15,23H,4-7,10,14,16-17H2,1-3H3. The van der Waals surface area contributed by atoms with E-state index in [1.165, 1.54) is 31.5 Å². The normalized spacial score (nSPS) is 13.8. The van der Waals surface area contributed by atoms with Gasteiger partial charge in [0.15, 0.2) is 0 Å². The highest BCUT2D eigenvalue weighted by molar-refractivity contribution is 5.05. The van der Waals surface area contributed by atoms with E-state index in [0.29, 0.717) is 0 Å². The third-order valence-corrected chi connectivity index (χ3v) is 4.81. The quantitative estimate of drug-likeness (QED) is 0.623. The molecule has 1 unspecified atom stereocenters. The van der Waals surface area contributed by atoms with Gasteiger partial charge in [0.05, 0.1) is 5.69 Å². The number of pyridine rings is 1. The van der Waals surface area contributed by atoms with Gasteiger partial charge in [-0.15, -0.1) is 0 Å². The van der Waals surface area contributed by atoms with Crippen LogP contribution in [0.4, 0.5) is 0 Å². The van der Waals surface area contributed by atoms with Crippen LogP contribution in [0, 0.1) is 0 Å². The molecule has 0 saturated heterocycles. The number of unbranched alkanes of at least 4 members (excludes halogenated alkanes) is 3. The lowest BCUT2D eigenvalue weighted by Crippen LogP contribution is -2.44. The highest BCUT2D eigenvalue weighted by atomic mass is 15.1. The van der Waals surface area contributed by atoms with Gasteiger partial charge in [-0.2, -0.15) is 0 Å². The van der Waals surface area contributed by atoms with Gasteiger partial charge in [0.2, 0.25) is 0 Å². The Bertz CT molecular complexity index is 578. The van der Waals surface area contributed by atoms with Crippen molar-refractivity contribution in [1.82, 2.24) is 19.9 Å². The lowest BCUT2D eigenvalue weighted by Gasteiger charge is -2.30. The van der Waals surface area contributed by atoms with Gasteiger partial charge in [-0.3, -0.25) is 4.98 Å². The number of aromatic nitrogens is 3. The maximum Gasteiger partial charge on any atom is 0.110 e. The van der Waals surface area contributed by atoms with Crippen LogP contribution < -0.4 is 5.32 Å².